The van der Waals surface area contributed by atoms with E-state index in [0.717, 1.165) is 17.8 Å². The molecule has 1 atom stereocenters. The molecule has 10 aromatic rings. The van der Waals surface area contributed by atoms with E-state index in [1.165, 1.54) is 83.1 Å². The monoisotopic (exact) mass is 841 g/mol. The van der Waals surface area contributed by atoms with Crippen LogP contribution in [0.2, 0.25) is 0 Å². The Bertz CT molecular complexity index is 3380. The van der Waals surface area contributed by atoms with Crippen LogP contribution in [0, 0.1) is 0 Å². The summed E-state index contributed by atoms with van der Waals surface area (Å²) in [5.74, 6) is 0. The first-order chi connectivity index (χ1) is 32.7. The number of allylic oxidation sites excluding steroid dienone is 2. The van der Waals surface area contributed by atoms with Crippen LogP contribution in [0.25, 0.3) is 49.7 Å². The Balaban J connectivity index is 1.19. The molecule has 0 aliphatic heterocycles. The van der Waals surface area contributed by atoms with Crippen LogP contribution in [0.15, 0.2) is 273 Å². The van der Waals surface area contributed by atoms with E-state index < -0.39 is 11.0 Å². The van der Waals surface area contributed by atoms with Crippen molar-refractivity contribution < 1.29 is 0 Å². The first-order valence-electron chi connectivity index (χ1n) is 23.1. The Morgan fingerprint density at radius 2 is 0.909 bits per heavy atom. The molecule has 2 aliphatic rings. The van der Waals surface area contributed by atoms with Gasteiger partial charge < -0.3 is 4.90 Å². The third-order valence-corrected chi connectivity index (χ3v) is 14.1. The van der Waals surface area contributed by atoms with Crippen LogP contribution in [-0.4, -0.2) is 0 Å². The van der Waals surface area contributed by atoms with Crippen LogP contribution in [0.4, 0.5) is 11.4 Å². The van der Waals surface area contributed by atoms with Crippen molar-refractivity contribution in [3.8, 4) is 33.4 Å². The Morgan fingerprint density at radius 1 is 0.364 bits per heavy atom. The molecule has 0 amide bonds. The summed E-state index contributed by atoms with van der Waals surface area (Å²) in [6.45, 7) is 0. The van der Waals surface area contributed by atoms with Crippen molar-refractivity contribution in [1.82, 2.24) is 0 Å². The van der Waals surface area contributed by atoms with Gasteiger partial charge in [-0.15, -0.1) is 0 Å². The zero-order valence-corrected chi connectivity index (χ0v) is 36.6. The van der Waals surface area contributed by atoms with Crippen LogP contribution in [-0.2, 0) is 11.0 Å². The number of benzene rings is 10. The second-order valence-electron chi connectivity index (χ2n) is 17.5. The summed E-state index contributed by atoms with van der Waals surface area (Å²) in [5, 5.41) is 2.48. The normalized spacial score (nSPS) is 15.7. The average molecular weight is 842 g/mol. The van der Waals surface area contributed by atoms with Crippen molar-refractivity contribution >= 4 is 27.7 Å². The van der Waals surface area contributed by atoms with E-state index in [1.807, 2.05) is 0 Å². The number of fused-ring (bicyclic) bond motifs is 4. The molecule has 0 fully saturated rings. The molecule has 66 heavy (non-hydrogen) atoms. The summed E-state index contributed by atoms with van der Waals surface area (Å²) in [6.07, 6.45) is 7.73. The number of hydrogen-bond donors (Lipinski definition) is 0. The van der Waals surface area contributed by atoms with E-state index in [-0.39, 0.29) is 0 Å². The van der Waals surface area contributed by atoms with Gasteiger partial charge in [0.25, 0.3) is 0 Å². The molecule has 1 heteroatoms. The first kappa shape index (κ1) is 39.3. The Hall–Kier alpha value is -8.26. The minimum Gasteiger partial charge on any atom is -0.326 e. The lowest BCUT2D eigenvalue weighted by atomic mass is 9.67. The predicted octanol–water partition coefficient (Wildman–Crippen LogP) is 16.6. The molecule has 12 rings (SSSR count). The Kier molecular flexibility index (Phi) is 9.76. The molecule has 0 aromatic heterocycles. The SMILES string of the molecule is C1=CCC(c2ccccc2-c2ccccc2)(N(c2ccc(-c3ccc4ccccc4c3)cc2)c2cccc3c2-c2ccccc2C3(c2ccccc2)c2ccccc2)C(c2ccccc2)=C1. The summed E-state index contributed by atoms with van der Waals surface area (Å²) in [5.41, 5.74) is 17.0. The highest BCUT2D eigenvalue weighted by Gasteiger charge is 2.50. The molecule has 1 unspecified atom stereocenters. The lowest BCUT2D eigenvalue weighted by Crippen LogP contribution is -2.46. The molecule has 0 heterocycles. The van der Waals surface area contributed by atoms with Gasteiger partial charge in [0.2, 0.25) is 0 Å². The van der Waals surface area contributed by atoms with Gasteiger partial charge in [-0.05, 0) is 108 Å². The molecule has 0 radical (unpaired) electrons. The number of rotatable bonds is 9. The topological polar surface area (TPSA) is 3.24 Å². The van der Waals surface area contributed by atoms with E-state index in [9.17, 15) is 0 Å². The van der Waals surface area contributed by atoms with Gasteiger partial charge >= 0.3 is 0 Å². The predicted molar refractivity (Wildman–Crippen MR) is 277 cm³/mol. The number of hydrogen-bond acceptors (Lipinski definition) is 1. The highest BCUT2D eigenvalue weighted by molar-refractivity contribution is 5.99. The minimum atomic E-state index is -0.720. The Morgan fingerprint density at radius 3 is 1.61 bits per heavy atom. The van der Waals surface area contributed by atoms with Crippen molar-refractivity contribution in [2.24, 2.45) is 0 Å². The van der Waals surface area contributed by atoms with Gasteiger partial charge in [-0.2, -0.15) is 0 Å². The second-order valence-corrected chi connectivity index (χ2v) is 17.5. The van der Waals surface area contributed by atoms with Gasteiger partial charge in [0.1, 0.15) is 5.54 Å². The second kappa shape index (κ2) is 16.4. The van der Waals surface area contributed by atoms with Crippen molar-refractivity contribution in [1.29, 1.82) is 0 Å². The van der Waals surface area contributed by atoms with Crippen molar-refractivity contribution in [3.05, 3.63) is 306 Å². The van der Waals surface area contributed by atoms with Crippen molar-refractivity contribution in [3.63, 3.8) is 0 Å². The highest BCUT2D eigenvalue weighted by Crippen LogP contribution is 2.62. The quantitative estimate of drug-likeness (QED) is 0.140. The van der Waals surface area contributed by atoms with Gasteiger partial charge in [-0.3, -0.25) is 0 Å². The van der Waals surface area contributed by atoms with E-state index in [1.54, 1.807) is 0 Å². The Labute approximate surface area is 387 Å². The third-order valence-electron chi connectivity index (χ3n) is 14.1. The molecule has 1 nitrogen and oxygen atoms in total. The zero-order chi connectivity index (χ0) is 43.9. The molecule has 0 saturated carbocycles. The maximum Gasteiger partial charge on any atom is 0.100 e. The standard InChI is InChI=1S/C65H47N/c1-5-23-49(24-6-1)56-32-15-17-35-59(56)64(45-20-19-34-58(64)50-25-7-2-8-26-50)66(55-43-41-48(42-44-55)52-40-39-47-22-13-14-27-51(47)46-52)62-38-21-37-61-63(62)57-33-16-18-36-60(57)65(61,53-28-9-3-10-29-53)54-30-11-4-12-31-54/h1-44,46H,45H2. The maximum atomic E-state index is 2.71. The van der Waals surface area contributed by atoms with Gasteiger partial charge in [0.15, 0.2) is 0 Å². The van der Waals surface area contributed by atoms with E-state index in [2.05, 4.69) is 278 Å². The van der Waals surface area contributed by atoms with Gasteiger partial charge in [-0.1, -0.05) is 249 Å². The minimum absolute atomic E-state index is 0.560. The summed E-state index contributed by atoms with van der Waals surface area (Å²) in [4.78, 5) is 2.71. The smallest absolute Gasteiger partial charge is 0.100 e. The average Bonchev–Trinajstić information content (AvgIpc) is 3.71. The largest absolute Gasteiger partial charge is 0.326 e. The lowest BCUT2D eigenvalue weighted by Gasteiger charge is -2.50. The molecule has 0 spiro atoms. The zero-order valence-electron chi connectivity index (χ0n) is 36.6. The summed E-state index contributed by atoms with van der Waals surface area (Å²) in [7, 11) is 0. The molecular weight excluding hydrogens is 795 g/mol. The lowest BCUT2D eigenvalue weighted by molar-refractivity contribution is 0.568. The first-order valence-corrected chi connectivity index (χ1v) is 23.1. The van der Waals surface area contributed by atoms with Crippen LogP contribution in [0.5, 0.6) is 0 Å². The molecule has 0 N–H and O–H groups in total. The van der Waals surface area contributed by atoms with E-state index >= 15 is 0 Å². The molecular formula is C65H47N. The molecule has 10 aromatic carbocycles. The van der Waals surface area contributed by atoms with Crippen molar-refractivity contribution in [2.45, 2.75) is 17.4 Å². The summed E-state index contributed by atoms with van der Waals surface area (Å²) in [6, 6.07) is 94.4. The third kappa shape index (κ3) is 6.23. The fraction of sp³-hybridized carbons (Fsp3) is 0.0462. The number of nitrogens with zero attached hydrogens (tertiary/aromatic N) is 1. The number of anilines is 2. The van der Waals surface area contributed by atoms with Gasteiger partial charge in [-0.25, -0.2) is 0 Å². The maximum absolute atomic E-state index is 2.71. The molecule has 0 bridgehead atoms. The molecule has 2 aliphatic carbocycles. The summed E-state index contributed by atoms with van der Waals surface area (Å²) < 4.78 is 0. The van der Waals surface area contributed by atoms with Gasteiger partial charge in [0.05, 0.1) is 11.1 Å². The van der Waals surface area contributed by atoms with E-state index in [0.29, 0.717) is 0 Å². The van der Waals surface area contributed by atoms with Gasteiger partial charge in [0, 0.05) is 11.3 Å². The van der Waals surface area contributed by atoms with Crippen LogP contribution in [0.1, 0.15) is 39.8 Å². The fourth-order valence-electron chi connectivity index (χ4n) is 11.3. The van der Waals surface area contributed by atoms with Crippen LogP contribution < -0.4 is 4.90 Å². The van der Waals surface area contributed by atoms with E-state index in [4.69, 9.17) is 0 Å². The summed E-state index contributed by atoms with van der Waals surface area (Å²) >= 11 is 0. The fourth-order valence-corrected chi connectivity index (χ4v) is 11.3. The van der Waals surface area contributed by atoms with Crippen molar-refractivity contribution in [2.75, 3.05) is 4.90 Å². The highest BCUT2D eigenvalue weighted by atomic mass is 15.2. The molecule has 312 valence electrons. The van der Waals surface area contributed by atoms with Crippen LogP contribution in [0.3, 0.4) is 0 Å². The van der Waals surface area contributed by atoms with Crippen LogP contribution >= 0.6 is 0 Å². The molecule has 0 saturated heterocycles.